The Kier molecular flexibility index (Phi) is 9.84. The molecule has 17 heteroatoms. The Morgan fingerprint density at radius 1 is 1.09 bits per heavy atom. The Morgan fingerprint density at radius 2 is 1.80 bits per heavy atom. The van der Waals surface area contributed by atoms with E-state index >= 15 is 0 Å². The van der Waals surface area contributed by atoms with E-state index in [9.17, 15) is 27.5 Å². The van der Waals surface area contributed by atoms with Crippen LogP contribution in [-0.2, 0) is 25.0 Å². The minimum atomic E-state index is -5.08. The van der Waals surface area contributed by atoms with Gasteiger partial charge in [0.25, 0.3) is 5.88 Å². The highest BCUT2D eigenvalue weighted by atomic mass is 35.5. The summed E-state index contributed by atoms with van der Waals surface area (Å²) in [7, 11) is 1.84. The third-order valence-corrected chi connectivity index (χ3v) is 6.94. The Hall–Kier alpha value is -4.57. The predicted molar refractivity (Wildman–Crippen MR) is 149 cm³/mol. The summed E-state index contributed by atoms with van der Waals surface area (Å²) in [6, 6.07) is 7.76. The third-order valence-electron chi connectivity index (χ3n) is 6.71. The van der Waals surface area contributed by atoms with Crippen molar-refractivity contribution in [3.63, 3.8) is 0 Å². The van der Waals surface area contributed by atoms with Crippen molar-refractivity contribution in [3.05, 3.63) is 70.6 Å². The minimum Gasteiger partial charge on any atom is -0.477 e. The van der Waals surface area contributed by atoms with Crippen LogP contribution >= 0.6 is 11.6 Å². The van der Waals surface area contributed by atoms with Crippen LogP contribution in [0.15, 0.2) is 42.7 Å². The lowest BCUT2D eigenvalue weighted by atomic mass is 10.2. The highest BCUT2D eigenvalue weighted by molar-refractivity contribution is 6.30. The molecule has 0 unspecified atom stereocenters. The summed E-state index contributed by atoms with van der Waals surface area (Å²) in [5.41, 5.74) is 1.57. The van der Waals surface area contributed by atoms with Gasteiger partial charge in [-0.25, -0.2) is 33.9 Å². The van der Waals surface area contributed by atoms with Crippen molar-refractivity contribution in [3.8, 4) is 5.88 Å². The van der Waals surface area contributed by atoms with Gasteiger partial charge in [0.15, 0.2) is 17.2 Å². The van der Waals surface area contributed by atoms with Crippen LogP contribution in [0.25, 0.3) is 11.2 Å². The lowest BCUT2D eigenvalue weighted by molar-refractivity contribution is -0.192. The van der Waals surface area contributed by atoms with Crippen molar-refractivity contribution in [2.24, 2.45) is 7.05 Å². The lowest BCUT2D eigenvalue weighted by Gasteiger charge is -2.40. The molecule has 0 bridgehead atoms. The average Bonchev–Trinajstić information content (AvgIpc) is 3.27. The number of imidazole rings is 1. The molecule has 3 aromatic heterocycles. The summed E-state index contributed by atoms with van der Waals surface area (Å²) in [6.45, 7) is 4.81. The summed E-state index contributed by atoms with van der Waals surface area (Å²) in [5, 5.41) is 16.7. The number of benzene rings is 1. The number of carboxylic acid groups (broad SMARTS) is 2. The molecule has 1 atom stereocenters. The maximum Gasteiger partial charge on any atom is 0.490 e. The van der Waals surface area contributed by atoms with Gasteiger partial charge in [0, 0.05) is 55.7 Å². The smallest absolute Gasteiger partial charge is 0.477 e. The van der Waals surface area contributed by atoms with Gasteiger partial charge in [0.05, 0.1) is 6.54 Å². The largest absolute Gasteiger partial charge is 0.490 e. The number of aryl methyl sites for hydroxylation is 1. The molecule has 12 nitrogen and oxygen atoms in total. The van der Waals surface area contributed by atoms with Gasteiger partial charge in [-0.3, -0.25) is 4.90 Å². The number of pyridine rings is 1. The fourth-order valence-electron chi connectivity index (χ4n) is 4.40. The molecule has 1 aromatic carbocycles. The van der Waals surface area contributed by atoms with Crippen molar-refractivity contribution in [1.29, 1.82) is 0 Å². The SMILES string of the molecule is C[C@H]1CN(c2nccnc2OCc2ccc(Cl)cc2F)CCN1Cc1nc2ccc(C(=O)O)nc2n1C.O=C(O)C(F)(F)F. The van der Waals surface area contributed by atoms with Crippen LogP contribution < -0.4 is 9.64 Å². The number of anilines is 1. The van der Waals surface area contributed by atoms with Crippen LogP contribution in [0.5, 0.6) is 5.88 Å². The molecular formula is C27H26ClF4N7O5. The zero-order chi connectivity index (χ0) is 32.2. The molecule has 4 heterocycles. The molecule has 4 aromatic rings. The summed E-state index contributed by atoms with van der Waals surface area (Å²) < 4.78 is 53.6. The van der Waals surface area contributed by atoms with Gasteiger partial charge in [0.1, 0.15) is 23.8 Å². The molecule has 0 saturated carbocycles. The van der Waals surface area contributed by atoms with E-state index in [1.807, 2.05) is 11.6 Å². The van der Waals surface area contributed by atoms with E-state index in [-0.39, 0.29) is 18.3 Å². The number of hydrogen-bond donors (Lipinski definition) is 2. The van der Waals surface area contributed by atoms with Gasteiger partial charge in [-0.1, -0.05) is 17.7 Å². The Labute approximate surface area is 252 Å². The molecule has 44 heavy (non-hydrogen) atoms. The highest BCUT2D eigenvalue weighted by Gasteiger charge is 2.38. The number of nitrogens with zero attached hydrogens (tertiary/aromatic N) is 7. The number of alkyl halides is 3. The standard InChI is InChI=1S/C25H25ClFN7O3.C2HF3O2/c1-15-12-34(23-24(29-8-7-28-23)37-14-16-3-4-17(26)11-18(16)27)10-9-33(15)13-21-30-19-5-6-20(25(35)36)31-22(19)32(21)2;3-2(4,5)1(6)7/h3-8,11,15H,9-10,12-14H2,1-2H3,(H,35,36);(H,6,7)/t15-;/m0./s1. The van der Waals surface area contributed by atoms with Crippen LogP contribution in [0.2, 0.25) is 5.02 Å². The van der Waals surface area contributed by atoms with Crippen molar-refractivity contribution >= 4 is 40.5 Å². The van der Waals surface area contributed by atoms with Crippen LogP contribution in [0.1, 0.15) is 28.8 Å². The first-order chi connectivity index (χ1) is 20.7. The number of halogens is 5. The maximum absolute atomic E-state index is 14.2. The molecule has 0 spiro atoms. The summed E-state index contributed by atoms with van der Waals surface area (Å²) in [4.78, 5) is 42.3. The van der Waals surface area contributed by atoms with Gasteiger partial charge in [-0.05, 0) is 31.2 Å². The number of piperazine rings is 1. The molecule has 1 fully saturated rings. The number of aromatic carboxylic acids is 1. The van der Waals surface area contributed by atoms with Crippen molar-refractivity contribution in [2.75, 3.05) is 24.5 Å². The van der Waals surface area contributed by atoms with Gasteiger partial charge in [-0.2, -0.15) is 13.2 Å². The van der Waals surface area contributed by atoms with Crippen LogP contribution in [0.4, 0.5) is 23.4 Å². The molecule has 0 amide bonds. The monoisotopic (exact) mass is 639 g/mol. The predicted octanol–water partition coefficient (Wildman–Crippen LogP) is 4.17. The molecule has 234 valence electrons. The van der Waals surface area contributed by atoms with Gasteiger partial charge in [0.2, 0.25) is 0 Å². The van der Waals surface area contributed by atoms with E-state index in [0.29, 0.717) is 53.1 Å². The zero-order valence-electron chi connectivity index (χ0n) is 23.3. The van der Waals surface area contributed by atoms with Gasteiger partial charge < -0.3 is 24.4 Å². The van der Waals surface area contributed by atoms with E-state index in [4.69, 9.17) is 26.2 Å². The Bertz CT molecular complexity index is 1670. The zero-order valence-corrected chi connectivity index (χ0v) is 24.0. The molecule has 1 saturated heterocycles. The Morgan fingerprint density at radius 3 is 2.43 bits per heavy atom. The number of aliphatic carboxylic acids is 1. The quantitative estimate of drug-likeness (QED) is 0.281. The van der Waals surface area contributed by atoms with Gasteiger partial charge >= 0.3 is 18.1 Å². The second-order valence-electron chi connectivity index (χ2n) is 9.71. The fourth-order valence-corrected chi connectivity index (χ4v) is 4.56. The normalized spacial score (nSPS) is 15.5. The van der Waals surface area contributed by atoms with Crippen molar-refractivity contribution in [1.82, 2.24) is 29.4 Å². The second-order valence-corrected chi connectivity index (χ2v) is 10.1. The van der Waals surface area contributed by atoms with Crippen LogP contribution in [0.3, 0.4) is 0 Å². The number of carboxylic acids is 2. The number of fused-ring (bicyclic) bond motifs is 1. The first kappa shape index (κ1) is 32.3. The third kappa shape index (κ3) is 7.68. The molecule has 0 radical (unpaired) electrons. The molecule has 0 aliphatic carbocycles. The van der Waals surface area contributed by atoms with Gasteiger partial charge in [-0.15, -0.1) is 0 Å². The molecule has 1 aliphatic heterocycles. The fraction of sp³-hybridized carbons (Fsp3) is 0.333. The molecular weight excluding hydrogens is 614 g/mol. The number of hydrogen-bond acceptors (Lipinski definition) is 9. The summed E-state index contributed by atoms with van der Waals surface area (Å²) >= 11 is 5.84. The minimum absolute atomic E-state index is 0.00849. The van der Waals surface area contributed by atoms with E-state index < -0.39 is 23.9 Å². The topological polar surface area (TPSA) is 147 Å². The lowest BCUT2D eigenvalue weighted by Crippen LogP contribution is -2.52. The van der Waals surface area contributed by atoms with E-state index in [2.05, 4.69) is 36.7 Å². The number of ether oxygens (including phenoxy) is 1. The average molecular weight is 640 g/mol. The highest BCUT2D eigenvalue weighted by Crippen LogP contribution is 2.27. The van der Waals surface area contributed by atoms with E-state index in [0.717, 1.165) is 12.4 Å². The molecule has 5 rings (SSSR count). The summed E-state index contributed by atoms with van der Waals surface area (Å²) in [6.07, 6.45) is -1.92. The molecule has 1 aliphatic rings. The van der Waals surface area contributed by atoms with Crippen molar-refractivity contribution < 1.29 is 42.1 Å². The number of rotatable bonds is 7. The van der Waals surface area contributed by atoms with E-state index in [1.165, 1.54) is 12.1 Å². The second kappa shape index (κ2) is 13.4. The molecule has 2 N–H and O–H groups in total. The number of aromatic nitrogens is 5. The Balaban J connectivity index is 0.000000566. The van der Waals surface area contributed by atoms with Crippen LogP contribution in [-0.4, -0.2) is 83.4 Å². The number of carbonyl (C=O) groups is 2. The van der Waals surface area contributed by atoms with E-state index in [1.54, 1.807) is 30.6 Å². The maximum atomic E-state index is 14.2. The van der Waals surface area contributed by atoms with Crippen LogP contribution in [0, 0.1) is 5.82 Å². The first-order valence-electron chi connectivity index (χ1n) is 13.0. The summed E-state index contributed by atoms with van der Waals surface area (Å²) in [5.74, 6) is -2.51. The first-order valence-corrected chi connectivity index (χ1v) is 13.3. The van der Waals surface area contributed by atoms with Crippen molar-refractivity contribution in [2.45, 2.75) is 32.3 Å².